The van der Waals surface area contributed by atoms with Crippen molar-refractivity contribution >= 4 is 28.8 Å². The predicted molar refractivity (Wildman–Crippen MR) is 85.7 cm³/mol. The Morgan fingerprint density at radius 1 is 1.27 bits per heavy atom. The highest BCUT2D eigenvalue weighted by Crippen LogP contribution is 2.15. The Morgan fingerprint density at radius 2 is 2.09 bits per heavy atom. The second-order valence-corrected chi connectivity index (χ2v) is 5.68. The van der Waals surface area contributed by atoms with Crippen molar-refractivity contribution in [2.24, 2.45) is 0 Å². The van der Waals surface area contributed by atoms with E-state index in [0.29, 0.717) is 18.5 Å². The fourth-order valence-corrected chi connectivity index (χ4v) is 2.52. The summed E-state index contributed by atoms with van der Waals surface area (Å²) < 4.78 is 13.6. The van der Waals surface area contributed by atoms with Gasteiger partial charge in [0.15, 0.2) is 0 Å². The van der Waals surface area contributed by atoms with E-state index in [1.165, 1.54) is 17.4 Å². The maximum atomic E-state index is 13.6. The molecule has 22 heavy (non-hydrogen) atoms. The number of anilines is 1. The topological polar surface area (TPSA) is 58.2 Å². The van der Waals surface area contributed by atoms with Gasteiger partial charge in [0.2, 0.25) is 5.91 Å². The van der Waals surface area contributed by atoms with E-state index in [1.807, 2.05) is 5.38 Å². The fourth-order valence-electron chi connectivity index (χ4n) is 1.88. The van der Waals surface area contributed by atoms with Crippen molar-refractivity contribution in [2.75, 3.05) is 11.9 Å². The second-order valence-electron chi connectivity index (χ2n) is 4.90. The first kappa shape index (κ1) is 16.2. The maximum Gasteiger partial charge on any atom is 0.252 e. The first-order chi connectivity index (χ1) is 10.6. The van der Waals surface area contributed by atoms with Crippen LogP contribution in [0.4, 0.5) is 10.1 Å². The van der Waals surface area contributed by atoms with Crippen LogP contribution in [0, 0.1) is 12.7 Å². The van der Waals surface area contributed by atoms with Crippen LogP contribution in [0.5, 0.6) is 0 Å². The highest BCUT2D eigenvalue weighted by atomic mass is 32.1. The average molecular weight is 320 g/mol. The number of benzene rings is 1. The number of rotatable bonds is 6. The van der Waals surface area contributed by atoms with E-state index in [1.54, 1.807) is 30.5 Å². The smallest absolute Gasteiger partial charge is 0.252 e. The minimum Gasteiger partial charge on any atom is -0.352 e. The van der Waals surface area contributed by atoms with Gasteiger partial charge in [-0.1, -0.05) is 6.07 Å². The number of hydrogen-bond donors (Lipinski definition) is 2. The van der Waals surface area contributed by atoms with Gasteiger partial charge < -0.3 is 10.6 Å². The van der Waals surface area contributed by atoms with Crippen molar-refractivity contribution in [1.29, 1.82) is 0 Å². The molecular weight excluding hydrogens is 303 g/mol. The molecule has 0 spiro atoms. The van der Waals surface area contributed by atoms with Crippen LogP contribution in [0.2, 0.25) is 0 Å². The van der Waals surface area contributed by atoms with Gasteiger partial charge in [-0.3, -0.25) is 9.59 Å². The van der Waals surface area contributed by atoms with Crippen LogP contribution in [-0.4, -0.2) is 18.4 Å². The van der Waals surface area contributed by atoms with Gasteiger partial charge >= 0.3 is 0 Å². The minimum absolute atomic E-state index is 0.147. The first-order valence-electron chi connectivity index (χ1n) is 6.92. The summed E-state index contributed by atoms with van der Waals surface area (Å²) in [7, 11) is 0. The summed E-state index contributed by atoms with van der Waals surface area (Å²) in [5, 5.41) is 8.86. The monoisotopic (exact) mass is 320 g/mol. The van der Waals surface area contributed by atoms with E-state index in [4.69, 9.17) is 0 Å². The molecule has 116 valence electrons. The second kappa shape index (κ2) is 7.70. The fraction of sp³-hybridized carbons (Fsp3) is 0.250. The van der Waals surface area contributed by atoms with Crippen LogP contribution in [0.3, 0.4) is 0 Å². The number of carbonyl (C=O) groups is 2. The summed E-state index contributed by atoms with van der Waals surface area (Å²) >= 11 is 1.46. The van der Waals surface area contributed by atoms with Crippen LogP contribution in [0.1, 0.15) is 28.8 Å². The molecule has 0 saturated heterocycles. The van der Waals surface area contributed by atoms with E-state index in [0.717, 1.165) is 5.56 Å². The summed E-state index contributed by atoms with van der Waals surface area (Å²) in [6, 6.07) is 6.39. The minimum atomic E-state index is -0.445. The highest BCUT2D eigenvalue weighted by molar-refractivity contribution is 7.08. The van der Waals surface area contributed by atoms with Gasteiger partial charge in [0, 0.05) is 23.9 Å². The first-order valence-corrected chi connectivity index (χ1v) is 7.87. The van der Waals surface area contributed by atoms with Gasteiger partial charge in [0.25, 0.3) is 5.91 Å². The van der Waals surface area contributed by atoms with Gasteiger partial charge in [-0.05, 0) is 42.5 Å². The summed E-state index contributed by atoms with van der Waals surface area (Å²) in [5.74, 6) is -0.863. The largest absolute Gasteiger partial charge is 0.352 e. The summed E-state index contributed by atoms with van der Waals surface area (Å²) in [5.41, 5.74) is 1.60. The quantitative estimate of drug-likeness (QED) is 0.802. The van der Waals surface area contributed by atoms with E-state index in [9.17, 15) is 14.0 Å². The number of hydrogen-bond acceptors (Lipinski definition) is 3. The van der Waals surface area contributed by atoms with Crippen LogP contribution >= 0.6 is 11.3 Å². The van der Waals surface area contributed by atoms with Gasteiger partial charge in [0.1, 0.15) is 5.82 Å². The molecule has 4 nitrogen and oxygen atoms in total. The molecule has 1 heterocycles. The molecule has 0 aliphatic carbocycles. The summed E-state index contributed by atoms with van der Waals surface area (Å²) in [6.07, 6.45) is 0.715. The molecule has 2 N–H and O–H groups in total. The molecule has 2 rings (SSSR count). The molecule has 6 heteroatoms. The van der Waals surface area contributed by atoms with Crippen LogP contribution < -0.4 is 10.6 Å². The van der Waals surface area contributed by atoms with Gasteiger partial charge in [-0.25, -0.2) is 4.39 Å². The third kappa shape index (κ3) is 4.66. The van der Waals surface area contributed by atoms with Crippen molar-refractivity contribution < 1.29 is 14.0 Å². The standard InChI is InChI=1S/C16H17FN2O2S/c1-11-4-5-14(13(17)9-11)19-15(20)3-2-7-18-16(21)12-6-8-22-10-12/h4-6,8-10H,2-3,7H2,1H3,(H,18,21)(H,19,20). The Kier molecular flexibility index (Phi) is 5.66. The zero-order valence-electron chi connectivity index (χ0n) is 12.2. The molecule has 0 fully saturated rings. The Morgan fingerprint density at radius 3 is 2.77 bits per heavy atom. The zero-order valence-corrected chi connectivity index (χ0v) is 13.0. The molecular formula is C16H17FN2O2S. The molecule has 0 radical (unpaired) electrons. The molecule has 2 amide bonds. The van der Waals surface area contributed by atoms with Gasteiger partial charge in [0.05, 0.1) is 5.69 Å². The Balaban J connectivity index is 1.71. The van der Waals surface area contributed by atoms with Crippen molar-refractivity contribution in [2.45, 2.75) is 19.8 Å². The summed E-state index contributed by atoms with van der Waals surface area (Å²) in [4.78, 5) is 23.4. The Bertz CT molecular complexity index is 656. The van der Waals surface area contributed by atoms with Gasteiger partial charge in [-0.15, -0.1) is 0 Å². The number of halogens is 1. The van der Waals surface area contributed by atoms with Crippen molar-refractivity contribution in [3.8, 4) is 0 Å². The number of carbonyl (C=O) groups excluding carboxylic acids is 2. The Hall–Kier alpha value is -2.21. The highest BCUT2D eigenvalue weighted by Gasteiger charge is 2.08. The molecule has 2 aromatic rings. The normalized spacial score (nSPS) is 10.3. The van der Waals surface area contributed by atoms with E-state index < -0.39 is 5.82 Å². The summed E-state index contributed by atoms with van der Waals surface area (Å²) in [6.45, 7) is 2.18. The predicted octanol–water partition coefficient (Wildman–Crippen LogP) is 3.34. The third-order valence-electron chi connectivity index (χ3n) is 3.05. The van der Waals surface area contributed by atoms with E-state index >= 15 is 0 Å². The lowest BCUT2D eigenvalue weighted by Crippen LogP contribution is -2.25. The van der Waals surface area contributed by atoms with Crippen molar-refractivity contribution in [1.82, 2.24) is 5.32 Å². The molecule has 0 aliphatic rings. The maximum absolute atomic E-state index is 13.6. The van der Waals surface area contributed by atoms with Gasteiger partial charge in [-0.2, -0.15) is 11.3 Å². The molecule has 1 aromatic heterocycles. The number of thiophene rings is 1. The van der Waals surface area contributed by atoms with Crippen molar-refractivity contribution in [3.05, 3.63) is 52.0 Å². The van der Waals surface area contributed by atoms with Crippen LogP contribution in [0.25, 0.3) is 0 Å². The van der Waals surface area contributed by atoms with Crippen molar-refractivity contribution in [3.63, 3.8) is 0 Å². The van der Waals surface area contributed by atoms with E-state index in [2.05, 4.69) is 10.6 Å². The average Bonchev–Trinajstić information content (AvgIpc) is 3.01. The third-order valence-corrected chi connectivity index (χ3v) is 3.73. The molecule has 1 aromatic carbocycles. The van der Waals surface area contributed by atoms with Crippen LogP contribution in [-0.2, 0) is 4.79 Å². The number of nitrogens with one attached hydrogen (secondary N) is 2. The lowest BCUT2D eigenvalue weighted by molar-refractivity contribution is -0.116. The Labute approximate surface area is 132 Å². The molecule has 0 atom stereocenters. The lowest BCUT2D eigenvalue weighted by Gasteiger charge is -2.07. The number of aryl methyl sites for hydroxylation is 1. The molecule has 0 saturated carbocycles. The SMILES string of the molecule is Cc1ccc(NC(=O)CCCNC(=O)c2ccsc2)c(F)c1. The molecule has 0 bridgehead atoms. The lowest BCUT2D eigenvalue weighted by atomic mass is 10.2. The molecule has 0 unspecified atom stereocenters. The molecule has 0 aliphatic heterocycles. The van der Waals surface area contributed by atoms with E-state index in [-0.39, 0.29) is 23.9 Å². The number of amides is 2. The zero-order chi connectivity index (χ0) is 15.9. The van der Waals surface area contributed by atoms with Crippen LogP contribution in [0.15, 0.2) is 35.0 Å².